The number of fused-ring (bicyclic) bond motifs is 1. The Balaban J connectivity index is 1.50. The SMILES string of the molecule is CC1=N[C@H](CC(C)C)C(=O)N(CC(=O)N2CCN(C(=O)OCc3ccccc3)CC2)c2cc(C(=O)OC(C)(C)C)ccc21. The van der Waals surface area contributed by atoms with Crippen LogP contribution < -0.4 is 4.90 Å². The molecule has 0 aliphatic carbocycles. The fraction of sp³-hybridized carbons (Fsp3) is 0.485. The van der Waals surface area contributed by atoms with Crippen LogP contribution in [0.3, 0.4) is 0 Å². The van der Waals surface area contributed by atoms with Crippen LogP contribution in [0.5, 0.6) is 0 Å². The fourth-order valence-corrected chi connectivity index (χ4v) is 5.13. The molecule has 10 nitrogen and oxygen atoms in total. The zero-order chi connectivity index (χ0) is 31.3. The lowest BCUT2D eigenvalue weighted by Gasteiger charge is -2.35. The van der Waals surface area contributed by atoms with Gasteiger partial charge in [0.2, 0.25) is 5.91 Å². The minimum Gasteiger partial charge on any atom is -0.456 e. The molecule has 2 aromatic rings. The third-order valence-electron chi connectivity index (χ3n) is 7.30. The van der Waals surface area contributed by atoms with E-state index in [4.69, 9.17) is 14.5 Å². The average Bonchev–Trinajstić information content (AvgIpc) is 3.05. The van der Waals surface area contributed by atoms with E-state index in [1.807, 2.05) is 51.1 Å². The van der Waals surface area contributed by atoms with E-state index in [0.29, 0.717) is 49.6 Å². The Labute approximate surface area is 253 Å². The average molecular weight is 591 g/mol. The van der Waals surface area contributed by atoms with Crippen molar-refractivity contribution in [2.24, 2.45) is 10.9 Å². The van der Waals surface area contributed by atoms with Gasteiger partial charge in [-0.3, -0.25) is 14.6 Å². The number of carbonyl (C=O) groups is 4. The lowest BCUT2D eigenvalue weighted by atomic mass is 10.0. The van der Waals surface area contributed by atoms with Crippen LogP contribution in [0.25, 0.3) is 0 Å². The Bertz CT molecular complexity index is 1370. The van der Waals surface area contributed by atoms with Gasteiger partial charge in [-0.25, -0.2) is 9.59 Å². The number of piperazine rings is 1. The van der Waals surface area contributed by atoms with Gasteiger partial charge >= 0.3 is 12.1 Å². The molecule has 0 radical (unpaired) electrons. The predicted octanol–water partition coefficient (Wildman–Crippen LogP) is 4.69. The van der Waals surface area contributed by atoms with Crippen molar-refractivity contribution in [1.29, 1.82) is 0 Å². The van der Waals surface area contributed by atoms with Crippen LogP contribution in [0, 0.1) is 5.92 Å². The van der Waals surface area contributed by atoms with Crippen molar-refractivity contribution in [3.8, 4) is 0 Å². The summed E-state index contributed by atoms with van der Waals surface area (Å²) in [7, 11) is 0. The van der Waals surface area contributed by atoms with Crippen molar-refractivity contribution in [3.63, 3.8) is 0 Å². The molecule has 10 heteroatoms. The van der Waals surface area contributed by atoms with Crippen molar-refractivity contribution in [2.75, 3.05) is 37.6 Å². The quantitative estimate of drug-likeness (QED) is 0.433. The van der Waals surface area contributed by atoms with E-state index >= 15 is 0 Å². The van der Waals surface area contributed by atoms with E-state index in [2.05, 4.69) is 0 Å². The second kappa shape index (κ2) is 13.4. The Morgan fingerprint density at radius 3 is 2.26 bits per heavy atom. The molecule has 230 valence electrons. The molecule has 4 rings (SSSR count). The normalized spacial score (nSPS) is 17.3. The summed E-state index contributed by atoms with van der Waals surface area (Å²) in [5.41, 5.74) is 2.31. The molecule has 2 aliphatic heterocycles. The molecule has 2 aliphatic rings. The number of aliphatic imine (C=N–C) groups is 1. The van der Waals surface area contributed by atoms with Crippen LogP contribution in [0.2, 0.25) is 0 Å². The van der Waals surface area contributed by atoms with Gasteiger partial charge < -0.3 is 24.2 Å². The highest BCUT2D eigenvalue weighted by Gasteiger charge is 2.35. The summed E-state index contributed by atoms with van der Waals surface area (Å²) < 4.78 is 11.0. The highest BCUT2D eigenvalue weighted by atomic mass is 16.6. The van der Waals surface area contributed by atoms with Gasteiger partial charge in [-0.15, -0.1) is 0 Å². The van der Waals surface area contributed by atoms with E-state index in [1.54, 1.807) is 48.8 Å². The Morgan fingerprint density at radius 1 is 0.977 bits per heavy atom. The molecule has 1 atom stereocenters. The molecular formula is C33H42N4O6. The van der Waals surface area contributed by atoms with Gasteiger partial charge in [-0.1, -0.05) is 50.2 Å². The first-order chi connectivity index (χ1) is 20.3. The summed E-state index contributed by atoms with van der Waals surface area (Å²) in [6.45, 7) is 12.5. The van der Waals surface area contributed by atoms with Gasteiger partial charge in [0.25, 0.3) is 5.91 Å². The molecule has 3 amide bonds. The number of ether oxygens (including phenoxy) is 2. The number of benzene rings is 2. The van der Waals surface area contributed by atoms with Gasteiger partial charge in [-0.05, 0) is 57.7 Å². The molecular weight excluding hydrogens is 548 g/mol. The summed E-state index contributed by atoms with van der Waals surface area (Å²) in [5, 5.41) is 0. The molecule has 2 aromatic carbocycles. The number of esters is 1. The largest absolute Gasteiger partial charge is 0.456 e. The van der Waals surface area contributed by atoms with Crippen molar-refractivity contribution in [3.05, 3.63) is 65.2 Å². The maximum atomic E-state index is 13.9. The van der Waals surface area contributed by atoms with Crippen molar-refractivity contribution in [1.82, 2.24) is 9.80 Å². The number of anilines is 1. The fourth-order valence-electron chi connectivity index (χ4n) is 5.13. The molecule has 0 aromatic heterocycles. The topological polar surface area (TPSA) is 109 Å². The van der Waals surface area contributed by atoms with Crippen molar-refractivity contribution < 1.29 is 28.7 Å². The second-order valence-corrected chi connectivity index (χ2v) is 12.4. The number of rotatable bonds is 7. The van der Waals surface area contributed by atoms with Crippen LogP contribution in [0.15, 0.2) is 53.5 Å². The molecule has 0 saturated carbocycles. The maximum absolute atomic E-state index is 13.9. The molecule has 0 bridgehead atoms. The van der Waals surface area contributed by atoms with Crippen molar-refractivity contribution in [2.45, 2.75) is 66.2 Å². The van der Waals surface area contributed by atoms with E-state index < -0.39 is 23.7 Å². The molecule has 0 unspecified atom stereocenters. The predicted molar refractivity (Wildman–Crippen MR) is 164 cm³/mol. The molecule has 1 fully saturated rings. The minimum absolute atomic E-state index is 0.180. The Hall–Kier alpha value is -4.21. The van der Waals surface area contributed by atoms with Gasteiger partial charge in [0.15, 0.2) is 0 Å². The zero-order valence-electron chi connectivity index (χ0n) is 26.0. The smallest absolute Gasteiger partial charge is 0.410 e. The molecule has 0 spiro atoms. The highest BCUT2D eigenvalue weighted by Crippen LogP contribution is 2.30. The molecule has 0 N–H and O–H groups in total. The van der Waals surface area contributed by atoms with Gasteiger partial charge in [0, 0.05) is 37.5 Å². The van der Waals surface area contributed by atoms with E-state index in [1.165, 1.54) is 4.90 Å². The molecule has 2 heterocycles. The number of nitrogens with zero attached hydrogens (tertiary/aromatic N) is 4. The monoisotopic (exact) mass is 590 g/mol. The maximum Gasteiger partial charge on any atom is 0.410 e. The van der Waals surface area contributed by atoms with Gasteiger partial charge in [0.1, 0.15) is 24.8 Å². The number of hydrogen-bond acceptors (Lipinski definition) is 7. The first-order valence-electron chi connectivity index (χ1n) is 14.8. The Morgan fingerprint density at radius 2 is 1.63 bits per heavy atom. The standard InChI is InChI=1S/C33H42N4O6/c1-22(2)18-27-30(39)37(28-19-25(31(40)43-33(4,5)6)12-13-26(28)23(3)34-27)20-29(38)35-14-16-36(17-15-35)32(41)42-21-24-10-8-7-9-11-24/h7-13,19,22,27H,14-18,20-21H2,1-6H3/t27-/m1/s1. The van der Waals surface area contributed by atoms with Crippen LogP contribution in [-0.4, -0.2) is 83.8 Å². The Kier molecular flexibility index (Phi) is 9.88. The van der Waals surface area contributed by atoms with E-state index in [0.717, 1.165) is 5.56 Å². The van der Waals surface area contributed by atoms with Crippen LogP contribution in [0.4, 0.5) is 10.5 Å². The molecule has 1 saturated heterocycles. The first kappa shape index (κ1) is 31.7. The minimum atomic E-state index is -0.689. The number of benzodiazepines with no additional fused rings is 1. The summed E-state index contributed by atoms with van der Waals surface area (Å²) in [6.07, 6.45) is 0.101. The zero-order valence-corrected chi connectivity index (χ0v) is 26.0. The van der Waals surface area contributed by atoms with E-state index in [9.17, 15) is 19.2 Å². The highest BCUT2D eigenvalue weighted by molar-refractivity contribution is 6.14. The molecule has 43 heavy (non-hydrogen) atoms. The summed E-state index contributed by atoms with van der Waals surface area (Å²) in [4.78, 5) is 62.5. The summed E-state index contributed by atoms with van der Waals surface area (Å²) >= 11 is 0. The van der Waals surface area contributed by atoms with Crippen molar-refractivity contribution >= 4 is 35.3 Å². The third kappa shape index (κ3) is 8.21. The third-order valence-corrected chi connectivity index (χ3v) is 7.30. The lowest BCUT2D eigenvalue weighted by molar-refractivity contribution is -0.133. The van der Waals surface area contributed by atoms with Crippen LogP contribution >= 0.6 is 0 Å². The van der Waals surface area contributed by atoms with Gasteiger partial charge in [0.05, 0.1) is 11.3 Å². The second-order valence-electron chi connectivity index (χ2n) is 12.4. The number of carbonyl (C=O) groups excluding carboxylic acids is 4. The number of amides is 3. The van der Waals surface area contributed by atoms with Gasteiger partial charge in [-0.2, -0.15) is 0 Å². The first-order valence-corrected chi connectivity index (χ1v) is 14.8. The van der Waals surface area contributed by atoms with E-state index in [-0.39, 0.29) is 36.4 Å². The summed E-state index contributed by atoms with van der Waals surface area (Å²) in [6, 6.07) is 13.8. The van der Waals surface area contributed by atoms with Crippen LogP contribution in [0.1, 0.15) is 69.4 Å². The van der Waals surface area contributed by atoms with Crippen LogP contribution in [-0.2, 0) is 25.7 Å². The number of hydrogen-bond donors (Lipinski definition) is 0. The summed E-state index contributed by atoms with van der Waals surface area (Å²) in [5.74, 6) is -0.843. The lowest BCUT2D eigenvalue weighted by Crippen LogP contribution is -2.53.